The lowest BCUT2D eigenvalue weighted by Crippen LogP contribution is -2.36. The third-order valence-electron chi connectivity index (χ3n) is 3.27. The van der Waals surface area contributed by atoms with Gasteiger partial charge in [-0.25, -0.2) is 0 Å². The highest BCUT2D eigenvalue weighted by atomic mass is 32.1. The van der Waals surface area contributed by atoms with Gasteiger partial charge in [0.2, 0.25) is 0 Å². The first-order valence-electron chi connectivity index (χ1n) is 7.87. The van der Waals surface area contributed by atoms with Crippen molar-refractivity contribution >= 4 is 29.2 Å². The fourth-order valence-electron chi connectivity index (χ4n) is 2.05. The van der Waals surface area contributed by atoms with Gasteiger partial charge < -0.3 is 10.6 Å². The number of amides is 2. The molecule has 1 aromatic heterocycles. The highest BCUT2D eigenvalue weighted by molar-refractivity contribution is 7.10. The van der Waals surface area contributed by atoms with Gasteiger partial charge in [-0.3, -0.25) is 9.59 Å². The molecule has 2 N–H and O–H groups in total. The molecule has 5 heteroatoms. The monoisotopic (exact) mass is 342 g/mol. The topological polar surface area (TPSA) is 58.2 Å². The molecule has 0 atom stereocenters. The van der Waals surface area contributed by atoms with Crippen LogP contribution in [0.5, 0.6) is 0 Å². The molecule has 2 rings (SSSR count). The van der Waals surface area contributed by atoms with E-state index in [9.17, 15) is 9.59 Å². The van der Waals surface area contributed by atoms with Crippen LogP contribution in [0.15, 0.2) is 47.5 Å². The summed E-state index contributed by atoms with van der Waals surface area (Å²) in [6.07, 6.45) is 1.70. The van der Waals surface area contributed by atoms with Crippen molar-refractivity contribution in [1.29, 1.82) is 0 Å². The first-order chi connectivity index (χ1) is 11.5. The van der Waals surface area contributed by atoms with Crippen molar-refractivity contribution in [3.8, 4) is 0 Å². The Balaban J connectivity index is 2.19. The summed E-state index contributed by atoms with van der Waals surface area (Å²) in [7, 11) is 0. The Morgan fingerprint density at radius 2 is 2.00 bits per heavy atom. The van der Waals surface area contributed by atoms with Crippen LogP contribution in [0.1, 0.15) is 34.6 Å². The summed E-state index contributed by atoms with van der Waals surface area (Å²) in [5.74, 6) is -0.233. The van der Waals surface area contributed by atoms with Gasteiger partial charge in [0.1, 0.15) is 5.70 Å². The SMILES string of the molecule is Cc1cccc(C(=O)N/C(=C\c2cccs2)C(=O)NCC(C)C)c1. The van der Waals surface area contributed by atoms with Gasteiger partial charge in [0.05, 0.1) is 0 Å². The quantitative estimate of drug-likeness (QED) is 0.788. The molecule has 0 radical (unpaired) electrons. The van der Waals surface area contributed by atoms with Crippen LogP contribution in [0.4, 0.5) is 0 Å². The van der Waals surface area contributed by atoms with Crippen molar-refractivity contribution in [3.63, 3.8) is 0 Å². The minimum Gasteiger partial charge on any atom is -0.351 e. The van der Waals surface area contributed by atoms with Crippen molar-refractivity contribution in [2.45, 2.75) is 20.8 Å². The molecule has 0 aliphatic carbocycles. The maximum Gasteiger partial charge on any atom is 0.267 e. The van der Waals surface area contributed by atoms with Crippen LogP contribution in [0.2, 0.25) is 0 Å². The van der Waals surface area contributed by atoms with Crippen LogP contribution in [0.3, 0.4) is 0 Å². The number of hydrogen-bond donors (Lipinski definition) is 2. The highest BCUT2D eigenvalue weighted by Gasteiger charge is 2.15. The number of benzene rings is 1. The Labute approximate surface area is 146 Å². The molecule has 126 valence electrons. The number of rotatable bonds is 6. The summed E-state index contributed by atoms with van der Waals surface area (Å²) >= 11 is 1.51. The number of aryl methyl sites for hydroxylation is 1. The summed E-state index contributed by atoms with van der Waals surface area (Å²) in [6, 6.07) is 11.1. The van der Waals surface area contributed by atoms with Gasteiger partial charge in [0, 0.05) is 17.0 Å². The van der Waals surface area contributed by atoms with Gasteiger partial charge in [0.25, 0.3) is 11.8 Å². The fraction of sp³-hybridized carbons (Fsp3) is 0.263. The minimum absolute atomic E-state index is 0.254. The van der Waals surface area contributed by atoms with E-state index in [0.717, 1.165) is 10.4 Å². The van der Waals surface area contributed by atoms with Crippen LogP contribution in [-0.4, -0.2) is 18.4 Å². The first-order valence-corrected chi connectivity index (χ1v) is 8.75. The van der Waals surface area contributed by atoms with E-state index in [-0.39, 0.29) is 17.5 Å². The second-order valence-corrected chi connectivity index (χ2v) is 6.98. The normalized spacial score (nSPS) is 11.4. The Morgan fingerprint density at radius 1 is 1.21 bits per heavy atom. The minimum atomic E-state index is -0.291. The van der Waals surface area contributed by atoms with E-state index in [1.807, 2.05) is 50.4 Å². The average Bonchev–Trinajstić information content (AvgIpc) is 3.05. The van der Waals surface area contributed by atoms with Gasteiger partial charge >= 0.3 is 0 Å². The summed E-state index contributed by atoms with van der Waals surface area (Å²) in [4.78, 5) is 25.8. The van der Waals surface area contributed by atoms with Crippen molar-refractivity contribution in [1.82, 2.24) is 10.6 Å². The molecule has 0 fully saturated rings. The van der Waals surface area contributed by atoms with Gasteiger partial charge in [-0.2, -0.15) is 0 Å². The summed E-state index contributed by atoms with van der Waals surface area (Å²) in [5, 5.41) is 7.51. The van der Waals surface area contributed by atoms with Crippen LogP contribution in [-0.2, 0) is 4.79 Å². The van der Waals surface area contributed by atoms with E-state index in [4.69, 9.17) is 0 Å². The van der Waals surface area contributed by atoms with Crippen molar-refractivity contribution < 1.29 is 9.59 Å². The largest absolute Gasteiger partial charge is 0.351 e. The molecule has 1 aromatic carbocycles. The van der Waals surface area contributed by atoms with Crippen LogP contribution in [0, 0.1) is 12.8 Å². The Kier molecular flexibility index (Phi) is 6.32. The Bertz CT molecular complexity index is 734. The van der Waals surface area contributed by atoms with Crippen molar-refractivity contribution in [3.05, 3.63) is 63.5 Å². The third-order valence-corrected chi connectivity index (χ3v) is 4.09. The molecule has 0 unspecified atom stereocenters. The fourth-order valence-corrected chi connectivity index (χ4v) is 2.70. The Morgan fingerprint density at radius 3 is 2.62 bits per heavy atom. The standard InChI is InChI=1S/C19H22N2O2S/c1-13(2)12-20-19(23)17(11-16-8-5-9-24-16)21-18(22)15-7-4-6-14(3)10-15/h4-11,13H,12H2,1-3H3,(H,20,23)(H,21,22)/b17-11-. The molecule has 2 amide bonds. The van der Waals surface area contributed by atoms with Crippen molar-refractivity contribution in [2.24, 2.45) is 5.92 Å². The molecule has 24 heavy (non-hydrogen) atoms. The zero-order valence-corrected chi connectivity index (χ0v) is 14.9. The van der Waals surface area contributed by atoms with Crippen LogP contribution >= 0.6 is 11.3 Å². The van der Waals surface area contributed by atoms with Gasteiger partial charge in [-0.05, 0) is 42.5 Å². The number of nitrogens with one attached hydrogen (secondary N) is 2. The van der Waals surface area contributed by atoms with E-state index < -0.39 is 0 Å². The zero-order chi connectivity index (χ0) is 17.5. The predicted molar refractivity (Wildman–Crippen MR) is 98.8 cm³/mol. The lowest BCUT2D eigenvalue weighted by Gasteiger charge is -2.12. The molecule has 0 aliphatic rings. The summed E-state index contributed by atoms with van der Waals surface area (Å²) in [6.45, 7) is 6.53. The van der Waals surface area contributed by atoms with Gasteiger partial charge in [-0.15, -0.1) is 11.3 Å². The smallest absolute Gasteiger partial charge is 0.267 e. The first kappa shape index (κ1) is 17.9. The number of hydrogen-bond acceptors (Lipinski definition) is 3. The molecule has 0 spiro atoms. The molecular formula is C19H22N2O2S. The second-order valence-electron chi connectivity index (χ2n) is 6.00. The van der Waals surface area contributed by atoms with E-state index in [0.29, 0.717) is 18.0 Å². The molecule has 1 heterocycles. The summed E-state index contributed by atoms with van der Waals surface area (Å²) < 4.78 is 0. The van der Waals surface area contributed by atoms with Crippen LogP contribution in [0.25, 0.3) is 6.08 Å². The van der Waals surface area contributed by atoms with Gasteiger partial charge in [-0.1, -0.05) is 37.6 Å². The maximum atomic E-state index is 12.4. The van der Waals surface area contributed by atoms with Crippen LogP contribution < -0.4 is 10.6 Å². The van der Waals surface area contributed by atoms with E-state index in [1.165, 1.54) is 11.3 Å². The lowest BCUT2D eigenvalue weighted by molar-refractivity contribution is -0.117. The number of thiophene rings is 1. The average molecular weight is 342 g/mol. The third kappa shape index (κ3) is 5.35. The molecule has 0 bridgehead atoms. The van der Waals surface area contributed by atoms with Gasteiger partial charge in [0.15, 0.2) is 0 Å². The van der Waals surface area contributed by atoms with E-state index in [1.54, 1.807) is 18.2 Å². The molecular weight excluding hydrogens is 320 g/mol. The van der Waals surface area contributed by atoms with E-state index >= 15 is 0 Å². The number of carbonyl (C=O) groups excluding carboxylic acids is 2. The molecule has 0 saturated carbocycles. The molecule has 2 aromatic rings. The highest BCUT2D eigenvalue weighted by Crippen LogP contribution is 2.13. The molecule has 0 saturated heterocycles. The number of carbonyl (C=O) groups is 2. The van der Waals surface area contributed by atoms with Crippen molar-refractivity contribution in [2.75, 3.05) is 6.54 Å². The maximum absolute atomic E-state index is 12.4. The summed E-state index contributed by atoms with van der Waals surface area (Å²) in [5.41, 5.74) is 1.78. The molecule has 0 aliphatic heterocycles. The molecule has 4 nitrogen and oxygen atoms in total. The van der Waals surface area contributed by atoms with E-state index in [2.05, 4.69) is 10.6 Å². The zero-order valence-electron chi connectivity index (χ0n) is 14.1. The second kappa shape index (κ2) is 8.45. The Hall–Kier alpha value is -2.40. The lowest BCUT2D eigenvalue weighted by atomic mass is 10.1. The predicted octanol–water partition coefficient (Wildman–Crippen LogP) is 3.60.